The first-order valence-electron chi connectivity index (χ1n) is 10.9. The van der Waals surface area contributed by atoms with Crippen molar-refractivity contribution in [2.24, 2.45) is 16.3 Å². The molecule has 8 nitrogen and oxygen atoms in total. The largest absolute Gasteiger partial charge is 0.428 e. The molecule has 2 N–H and O–H groups in total. The third-order valence-electron chi connectivity index (χ3n) is 6.85. The zero-order valence-electron chi connectivity index (χ0n) is 18.2. The Bertz CT molecular complexity index is 1350. The molecule has 2 aromatic heterocycles. The van der Waals surface area contributed by atoms with Gasteiger partial charge in [-0.3, -0.25) is 9.48 Å². The molecule has 2 aromatic rings. The van der Waals surface area contributed by atoms with Crippen molar-refractivity contribution in [3.63, 3.8) is 0 Å². The smallest absolute Gasteiger partial charge is 0.420 e. The van der Waals surface area contributed by atoms with Gasteiger partial charge in [-0.2, -0.15) is 23.0 Å². The SMILES string of the molecule is CS(=N)(=O)c1cc(=NC(=O)c2c(C(F)(F)F)c(C3CC3)nn2CC2CC3(C2)CC3F)ccn1O. The second kappa shape index (κ2) is 7.40. The van der Waals surface area contributed by atoms with Crippen LogP contribution in [0.2, 0.25) is 0 Å². The summed E-state index contributed by atoms with van der Waals surface area (Å²) in [5, 5.41) is 13.5. The maximum absolute atomic E-state index is 14.1. The molecule has 2 atom stereocenters. The highest BCUT2D eigenvalue weighted by atomic mass is 32.2. The molecular weight excluding hydrogens is 478 g/mol. The molecule has 0 aromatic carbocycles. The van der Waals surface area contributed by atoms with Crippen LogP contribution in [0.5, 0.6) is 0 Å². The van der Waals surface area contributed by atoms with Crippen LogP contribution >= 0.6 is 0 Å². The van der Waals surface area contributed by atoms with Crippen molar-refractivity contribution < 1.29 is 31.8 Å². The maximum Gasteiger partial charge on any atom is 0.420 e. The van der Waals surface area contributed by atoms with Crippen LogP contribution in [-0.4, -0.2) is 42.3 Å². The molecule has 2 unspecified atom stereocenters. The number of aromatic nitrogens is 3. The van der Waals surface area contributed by atoms with Crippen LogP contribution in [0.3, 0.4) is 0 Å². The molecule has 3 aliphatic carbocycles. The van der Waals surface area contributed by atoms with Crippen molar-refractivity contribution in [1.82, 2.24) is 14.5 Å². The Hall–Kier alpha value is -2.70. The van der Waals surface area contributed by atoms with E-state index >= 15 is 0 Å². The minimum Gasteiger partial charge on any atom is -0.428 e. The molecule has 0 bridgehead atoms. The Morgan fingerprint density at radius 3 is 2.53 bits per heavy atom. The molecule has 0 aliphatic heterocycles. The monoisotopic (exact) mass is 501 g/mol. The van der Waals surface area contributed by atoms with Crippen LogP contribution in [-0.2, 0) is 22.5 Å². The fraction of sp³-hybridized carbons (Fsp3) is 0.571. The molecule has 0 saturated heterocycles. The second-order valence-electron chi connectivity index (χ2n) is 9.70. The summed E-state index contributed by atoms with van der Waals surface area (Å²) in [4.78, 5) is 16.9. The molecule has 2 heterocycles. The number of carbonyl (C=O) groups excluding carboxylic acids is 1. The Kier molecular flexibility index (Phi) is 5.02. The molecule has 3 saturated carbocycles. The van der Waals surface area contributed by atoms with E-state index in [0.717, 1.165) is 29.3 Å². The topological polar surface area (TPSA) is 113 Å². The van der Waals surface area contributed by atoms with Gasteiger partial charge in [0.2, 0.25) is 0 Å². The van der Waals surface area contributed by atoms with Gasteiger partial charge in [-0.05, 0) is 44.1 Å². The Labute approximate surface area is 192 Å². The maximum atomic E-state index is 14.1. The van der Waals surface area contributed by atoms with E-state index in [1.165, 1.54) is 0 Å². The summed E-state index contributed by atoms with van der Waals surface area (Å²) in [7, 11) is -3.40. The number of rotatable bonds is 5. The standard InChI is InChI=1S/C21H23F4N5O3S/c1-34(26,33)15-6-13(4-5-30(15)32)27-19(31)18-16(21(23,24)25)17(12-2-3-12)28-29(18)10-11-7-20(8-11)9-14(20)22/h4-6,11-12,14,26,32H,2-3,7-10H2,1H3. The van der Waals surface area contributed by atoms with E-state index in [4.69, 9.17) is 4.78 Å². The lowest BCUT2D eigenvalue weighted by molar-refractivity contribution is -0.138. The summed E-state index contributed by atoms with van der Waals surface area (Å²) in [6, 6.07) is 2.18. The van der Waals surface area contributed by atoms with Crippen LogP contribution in [0.4, 0.5) is 17.6 Å². The van der Waals surface area contributed by atoms with Gasteiger partial charge in [0.25, 0.3) is 5.91 Å². The number of halogens is 4. The van der Waals surface area contributed by atoms with Gasteiger partial charge in [0.1, 0.15) is 17.4 Å². The predicted molar refractivity (Wildman–Crippen MR) is 110 cm³/mol. The summed E-state index contributed by atoms with van der Waals surface area (Å²) in [6.45, 7) is 0.0625. The summed E-state index contributed by atoms with van der Waals surface area (Å²) in [6.07, 6.45) is -0.965. The number of amides is 1. The fourth-order valence-electron chi connectivity index (χ4n) is 4.93. The molecule has 13 heteroatoms. The first kappa shape index (κ1) is 23.1. The molecular formula is C21H23F4N5O3S. The third-order valence-corrected chi connectivity index (χ3v) is 7.96. The molecule has 184 valence electrons. The van der Waals surface area contributed by atoms with Gasteiger partial charge in [-0.25, -0.2) is 18.4 Å². The van der Waals surface area contributed by atoms with E-state index in [2.05, 4.69) is 10.1 Å². The van der Waals surface area contributed by atoms with Crippen molar-refractivity contribution in [2.45, 2.75) is 61.9 Å². The zero-order chi connectivity index (χ0) is 24.6. The van der Waals surface area contributed by atoms with E-state index in [1.807, 2.05) is 0 Å². The second-order valence-corrected chi connectivity index (χ2v) is 11.8. The Morgan fingerprint density at radius 2 is 2.00 bits per heavy atom. The van der Waals surface area contributed by atoms with Crippen LogP contribution in [0.25, 0.3) is 0 Å². The van der Waals surface area contributed by atoms with Gasteiger partial charge >= 0.3 is 6.18 Å². The number of nitrogens with zero attached hydrogens (tertiary/aromatic N) is 4. The zero-order valence-corrected chi connectivity index (χ0v) is 19.0. The van der Waals surface area contributed by atoms with E-state index < -0.39 is 39.2 Å². The first-order chi connectivity index (χ1) is 15.8. The lowest BCUT2D eigenvalue weighted by Crippen LogP contribution is -2.32. The van der Waals surface area contributed by atoms with Crippen LogP contribution in [0.15, 0.2) is 28.3 Å². The molecule has 34 heavy (non-hydrogen) atoms. The average molecular weight is 502 g/mol. The number of nitrogens with one attached hydrogen (secondary N) is 1. The predicted octanol–water partition coefficient (Wildman–Crippen LogP) is 3.73. The first-order valence-corrected chi connectivity index (χ1v) is 12.8. The Balaban J connectivity index is 1.56. The fourth-order valence-corrected chi connectivity index (χ4v) is 5.69. The van der Waals surface area contributed by atoms with E-state index in [1.54, 1.807) is 0 Å². The lowest BCUT2D eigenvalue weighted by Gasteiger charge is -2.35. The number of carbonyl (C=O) groups is 1. The highest BCUT2D eigenvalue weighted by molar-refractivity contribution is 7.91. The van der Waals surface area contributed by atoms with E-state index in [0.29, 0.717) is 36.8 Å². The minimum atomic E-state index is -4.83. The van der Waals surface area contributed by atoms with Crippen molar-refractivity contribution in [1.29, 1.82) is 4.78 Å². The minimum absolute atomic E-state index is 0.0625. The van der Waals surface area contributed by atoms with Gasteiger partial charge in [0, 0.05) is 36.4 Å². The van der Waals surface area contributed by atoms with Crippen molar-refractivity contribution in [2.75, 3.05) is 6.26 Å². The van der Waals surface area contributed by atoms with Gasteiger partial charge < -0.3 is 5.21 Å². The molecule has 1 amide bonds. The van der Waals surface area contributed by atoms with Crippen molar-refractivity contribution in [3.05, 3.63) is 40.6 Å². The number of hydrogen-bond acceptors (Lipinski definition) is 5. The third kappa shape index (κ3) is 4.03. The highest BCUT2D eigenvalue weighted by Crippen LogP contribution is 2.65. The van der Waals surface area contributed by atoms with E-state index in [-0.39, 0.29) is 39.9 Å². The van der Waals surface area contributed by atoms with Crippen LogP contribution in [0.1, 0.15) is 59.8 Å². The molecule has 1 spiro atoms. The average Bonchev–Trinajstić information content (AvgIpc) is 3.59. The van der Waals surface area contributed by atoms with Crippen LogP contribution in [0, 0.1) is 16.1 Å². The molecule has 5 rings (SSSR count). The van der Waals surface area contributed by atoms with E-state index in [9.17, 15) is 31.8 Å². The highest BCUT2D eigenvalue weighted by Gasteiger charge is 2.62. The quantitative estimate of drug-likeness (QED) is 0.480. The molecule has 0 radical (unpaired) electrons. The summed E-state index contributed by atoms with van der Waals surface area (Å²) in [5.41, 5.74) is -2.28. The summed E-state index contributed by atoms with van der Waals surface area (Å²) >= 11 is 0. The number of alkyl halides is 4. The van der Waals surface area contributed by atoms with Crippen molar-refractivity contribution in [3.8, 4) is 0 Å². The lowest BCUT2D eigenvalue weighted by atomic mass is 9.71. The summed E-state index contributed by atoms with van der Waals surface area (Å²) < 4.78 is 77.1. The van der Waals surface area contributed by atoms with Crippen LogP contribution < -0.4 is 5.36 Å². The normalized spacial score (nSPS) is 28.6. The molecule has 3 fully saturated rings. The van der Waals surface area contributed by atoms with Gasteiger partial charge in [-0.15, -0.1) is 0 Å². The van der Waals surface area contributed by atoms with Gasteiger partial charge in [0.15, 0.2) is 5.03 Å². The molecule has 3 aliphatic rings. The number of hydrogen-bond donors (Lipinski definition) is 2. The van der Waals surface area contributed by atoms with Gasteiger partial charge in [-0.1, -0.05) is 0 Å². The number of pyridine rings is 1. The summed E-state index contributed by atoms with van der Waals surface area (Å²) in [5.74, 6) is -1.63. The Morgan fingerprint density at radius 1 is 1.35 bits per heavy atom. The van der Waals surface area contributed by atoms with Gasteiger partial charge in [0.05, 0.1) is 20.8 Å². The van der Waals surface area contributed by atoms with Crippen molar-refractivity contribution >= 4 is 15.6 Å².